The van der Waals surface area contributed by atoms with E-state index in [0.717, 1.165) is 36.7 Å². The third-order valence-corrected chi connectivity index (χ3v) is 3.96. The van der Waals surface area contributed by atoms with Gasteiger partial charge in [-0.3, -0.25) is 0 Å². The predicted molar refractivity (Wildman–Crippen MR) is 88.0 cm³/mol. The Morgan fingerprint density at radius 1 is 1.32 bits per heavy atom. The Morgan fingerprint density at radius 2 is 2.05 bits per heavy atom. The van der Waals surface area contributed by atoms with Gasteiger partial charge in [0.2, 0.25) is 0 Å². The second-order valence-corrected chi connectivity index (χ2v) is 6.61. The Labute approximate surface area is 132 Å². The Hall–Kier alpha value is -1.85. The van der Waals surface area contributed by atoms with Gasteiger partial charge in [-0.2, -0.15) is 0 Å². The van der Waals surface area contributed by atoms with Crippen LogP contribution in [-0.4, -0.2) is 40.0 Å². The zero-order valence-electron chi connectivity index (χ0n) is 14.0. The molecule has 22 heavy (non-hydrogen) atoms. The maximum Gasteiger partial charge on any atom is 0.314 e. The summed E-state index contributed by atoms with van der Waals surface area (Å²) in [5.41, 5.74) is 6.43. The summed E-state index contributed by atoms with van der Waals surface area (Å²) >= 11 is 0. The van der Waals surface area contributed by atoms with E-state index in [9.17, 15) is 4.79 Å². The quantitative estimate of drug-likeness (QED) is 0.895. The Kier molecular flexibility index (Phi) is 5.21. The highest BCUT2D eigenvalue weighted by atomic mass is 16.2. The van der Waals surface area contributed by atoms with E-state index in [2.05, 4.69) is 43.0 Å². The van der Waals surface area contributed by atoms with Gasteiger partial charge in [-0.25, -0.2) is 14.8 Å². The fraction of sp³-hybridized carbons (Fsp3) is 0.688. The number of nitrogens with two attached hydrogens (primary N) is 1. The van der Waals surface area contributed by atoms with E-state index in [0.29, 0.717) is 12.5 Å². The summed E-state index contributed by atoms with van der Waals surface area (Å²) < 4.78 is 0. The maximum atomic E-state index is 11.3. The molecule has 2 rings (SSSR count). The molecular formula is C16H27N5O. The van der Waals surface area contributed by atoms with Gasteiger partial charge in [-0.15, -0.1) is 0 Å². The van der Waals surface area contributed by atoms with Gasteiger partial charge in [0.05, 0.1) is 0 Å². The second kappa shape index (κ2) is 6.94. The summed E-state index contributed by atoms with van der Waals surface area (Å²) in [4.78, 5) is 22.3. The van der Waals surface area contributed by atoms with Crippen LogP contribution in [0.1, 0.15) is 63.9 Å². The molecule has 0 bridgehead atoms. The molecule has 1 aromatic rings. The summed E-state index contributed by atoms with van der Waals surface area (Å²) in [6.45, 7) is 9.83. The van der Waals surface area contributed by atoms with Crippen molar-refractivity contribution in [1.29, 1.82) is 0 Å². The topological polar surface area (TPSA) is 84.1 Å². The first-order valence-electron chi connectivity index (χ1n) is 8.06. The van der Waals surface area contributed by atoms with Gasteiger partial charge < -0.3 is 16.0 Å². The van der Waals surface area contributed by atoms with E-state index in [1.54, 1.807) is 4.90 Å². The van der Waals surface area contributed by atoms with Gasteiger partial charge in [-0.05, 0) is 18.8 Å². The van der Waals surface area contributed by atoms with Crippen molar-refractivity contribution in [3.8, 4) is 0 Å². The van der Waals surface area contributed by atoms with Crippen molar-refractivity contribution < 1.29 is 4.79 Å². The number of urea groups is 1. The van der Waals surface area contributed by atoms with E-state index >= 15 is 0 Å². The van der Waals surface area contributed by atoms with Crippen LogP contribution in [0.5, 0.6) is 0 Å². The molecular weight excluding hydrogens is 278 g/mol. The van der Waals surface area contributed by atoms with Crippen molar-refractivity contribution in [1.82, 2.24) is 14.9 Å². The van der Waals surface area contributed by atoms with Crippen LogP contribution in [0.15, 0.2) is 6.07 Å². The molecule has 6 nitrogen and oxygen atoms in total. The molecule has 0 radical (unpaired) electrons. The predicted octanol–water partition coefficient (Wildman–Crippen LogP) is 2.68. The largest absolute Gasteiger partial charge is 0.365 e. The van der Waals surface area contributed by atoms with Crippen molar-refractivity contribution in [3.63, 3.8) is 0 Å². The van der Waals surface area contributed by atoms with Crippen LogP contribution in [0, 0.1) is 0 Å². The number of anilines is 1. The zero-order valence-corrected chi connectivity index (χ0v) is 14.0. The number of carbonyl (C=O) groups is 1. The zero-order chi connectivity index (χ0) is 16.3. The maximum absolute atomic E-state index is 11.3. The number of nitrogens with one attached hydrogen (secondary N) is 1. The van der Waals surface area contributed by atoms with Gasteiger partial charge in [-0.1, -0.05) is 27.7 Å². The molecule has 2 heterocycles. The average molecular weight is 305 g/mol. The Bertz CT molecular complexity index is 503. The van der Waals surface area contributed by atoms with E-state index in [4.69, 9.17) is 5.73 Å². The van der Waals surface area contributed by atoms with Crippen LogP contribution in [0.2, 0.25) is 0 Å². The van der Waals surface area contributed by atoms with Gasteiger partial charge in [0.1, 0.15) is 11.6 Å². The van der Waals surface area contributed by atoms with Crippen molar-refractivity contribution in [2.24, 2.45) is 5.73 Å². The standard InChI is InChI=1S/C16H27N5O/c1-10(2)13-8-14(20-15(19-13)11(3)4)18-12-6-5-7-21(9-12)16(17)22/h8,10-12H,5-7,9H2,1-4H3,(H2,17,22)(H,18,19,20). The van der Waals surface area contributed by atoms with E-state index in [1.165, 1.54) is 0 Å². The van der Waals surface area contributed by atoms with Gasteiger partial charge in [0, 0.05) is 36.8 Å². The van der Waals surface area contributed by atoms with Gasteiger partial charge in [0.15, 0.2) is 0 Å². The number of primary amides is 1. The van der Waals surface area contributed by atoms with Crippen LogP contribution < -0.4 is 11.1 Å². The SMILES string of the molecule is CC(C)c1cc(NC2CCCN(C(N)=O)C2)nc(C(C)C)n1. The summed E-state index contributed by atoms with van der Waals surface area (Å²) in [5, 5.41) is 3.46. The molecule has 1 aliphatic rings. The van der Waals surface area contributed by atoms with Crippen molar-refractivity contribution in [2.45, 2.75) is 58.4 Å². The fourth-order valence-corrected chi connectivity index (χ4v) is 2.62. The second-order valence-electron chi connectivity index (χ2n) is 6.61. The highest BCUT2D eigenvalue weighted by molar-refractivity contribution is 5.72. The van der Waals surface area contributed by atoms with Gasteiger partial charge >= 0.3 is 6.03 Å². The lowest BCUT2D eigenvalue weighted by Gasteiger charge is -2.32. The van der Waals surface area contributed by atoms with Gasteiger partial charge in [0.25, 0.3) is 0 Å². The molecule has 0 aromatic carbocycles. The molecule has 1 atom stereocenters. The summed E-state index contributed by atoms with van der Waals surface area (Å²) in [6.07, 6.45) is 1.97. The van der Waals surface area contributed by atoms with Crippen LogP contribution in [0.4, 0.5) is 10.6 Å². The van der Waals surface area contributed by atoms with Crippen LogP contribution in [-0.2, 0) is 0 Å². The Morgan fingerprint density at radius 3 is 2.64 bits per heavy atom. The highest BCUT2D eigenvalue weighted by Gasteiger charge is 2.22. The number of rotatable bonds is 4. The molecule has 0 saturated carbocycles. The molecule has 0 spiro atoms. The van der Waals surface area contributed by atoms with Crippen molar-refractivity contribution >= 4 is 11.8 Å². The smallest absolute Gasteiger partial charge is 0.314 e. The minimum Gasteiger partial charge on any atom is -0.365 e. The van der Waals surface area contributed by atoms with Crippen molar-refractivity contribution in [3.05, 3.63) is 17.6 Å². The van der Waals surface area contributed by atoms with Crippen LogP contribution in [0.3, 0.4) is 0 Å². The normalized spacial score (nSPS) is 18.8. The number of nitrogens with zero attached hydrogens (tertiary/aromatic N) is 3. The number of likely N-dealkylation sites (tertiary alicyclic amines) is 1. The average Bonchev–Trinajstić information content (AvgIpc) is 2.47. The lowest BCUT2D eigenvalue weighted by molar-refractivity contribution is 0.192. The number of hydrogen-bond donors (Lipinski definition) is 2. The number of aromatic nitrogens is 2. The Balaban J connectivity index is 2.16. The molecule has 1 fully saturated rings. The van der Waals surface area contributed by atoms with Crippen molar-refractivity contribution in [2.75, 3.05) is 18.4 Å². The van der Waals surface area contributed by atoms with Crippen LogP contribution in [0.25, 0.3) is 0 Å². The minimum atomic E-state index is -0.347. The van der Waals surface area contributed by atoms with E-state index < -0.39 is 0 Å². The number of piperidine rings is 1. The monoisotopic (exact) mass is 305 g/mol. The number of hydrogen-bond acceptors (Lipinski definition) is 4. The molecule has 1 aliphatic heterocycles. The first-order chi connectivity index (χ1) is 10.4. The molecule has 1 unspecified atom stereocenters. The minimum absolute atomic E-state index is 0.191. The molecule has 1 saturated heterocycles. The lowest BCUT2D eigenvalue weighted by Crippen LogP contribution is -2.47. The number of carbonyl (C=O) groups excluding carboxylic acids is 1. The molecule has 3 N–H and O–H groups in total. The number of amides is 2. The first kappa shape index (κ1) is 16.5. The summed E-state index contributed by atoms with van der Waals surface area (Å²) in [7, 11) is 0. The van der Waals surface area contributed by atoms with E-state index in [1.807, 2.05) is 6.07 Å². The molecule has 2 amide bonds. The highest BCUT2D eigenvalue weighted by Crippen LogP contribution is 2.21. The summed E-state index contributed by atoms with van der Waals surface area (Å²) in [5.74, 6) is 2.34. The molecule has 122 valence electrons. The van der Waals surface area contributed by atoms with Crippen LogP contribution >= 0.6 is 0 Å². The van der Waals surface area contributed by atoms with E-state index in [-0.39, 0.29) is 18.0 Å². The fourth-order valence-electron chi connectivity index (χ4n) is 2.62. The third kappa shape index (κ3) is 4.08. The lowest BCUT2D eigenvalue weighted by atomic mass is 10.1. The third-order valence-electron chi connectivity index (χ3n) is 3.96. The molecule has 0 aliphatic carbocycles. The first-order valence-corrected chi connectivity index (χ1v) is 8.06. The summed E-state index contributed by atoms with van der Waals surface area (Å²) in [6, 6.07) is 1.86. The molecule has 6 heteroatoms. The molecule has 1 aromatic heterocycles.